The third-order valence-corrected chi connectivity index (χ3v) is 2.85. The summed E-state index contributed by atoms with van der Waals surface area (Å²) in [6.07, 6.45) is 4.77. The van der Waals surface area contributed by atoms with Gasteiger partial charge in [-0.1, -0.05) is 0 Å². The maximum absolute atomic E-state index is 13.2. The second-order valence-corrected chi connectivity index (χ2v) is 4.57. The van der Waals surface area contributed by atoms with E-state index < -0.39 is 0 Å². The van der Waals surface area contributed by atoms with Crippen LogP contribution in [0, 0.1) is 5.82 Å². The Balaban J connectivity index is 2.22. The van der Waals surface area contributed by atoms with Crippen molar-refractivity contribution in [3.63, 3.8) is 0 Å². The normalized spacial score (nSPS) is 12.9. The lowest BCUT2D eigenvalue weighted by molar-refractivity contribution is 0.466. The number of hydrogen-bond donors (Lipinski definition) is 2. The molecule has 0 spiro atoms. The molecule has 0 amide bonds. The van der Waals surface area contributed by atoms with Crippen molar-refractivity contribution < 1.29 is 4.39 Å². The molecule has 0 aliphatic rings. The van der Waals surface area contributed by atoms with E-state index in [-0.39, 0.29) is 17.9 Å². The Morgan fingerprint density at radius 1 is 1.42 bits per heavy atom. The van der Waals surface area contributed by atoms with Crippen LogP contribution in [0.15, 0.2) is 24.8 Å². The molecule has 2 aromatic rings. The second kappa shape index (κ2) is 5.85. The third kappa shape index (κ3) is 3.12. The van der Waals surface area contributed by atoms with Gasteiger partial charge in [-0.05, 0) is 25.5 Å². The maximum Gasteiger partial charge on any atom is 0.141 e. The number of rotatable bonds is 5. The summed E-state index contributed by atoms with van der Waals surface area (Å²) in [7, 11) is 0. The summed E-state index contributed by atoms with van der Waals surface area (Å²) in [4.78, 5) is 8.04. The van der Waals surface area contributed by atoms with Crippen LogP contribution in [0.25, 0.3) is 0 Å². The first-order valence-electron chi connectivity index (χ1n) is 6.06. The van der Waals surface area contributed by atoms with Crippen LogP contribution < -0.4 is 11.3 Å². The number of hydrazine groups is 1. The number of halogens is 1. The Hall–Kier alpha value is -1.86. The van der Waals surface area contributed by atoms with Crippen molar-refractivity contribution in [1.29, 1.82) is 0 Å². The van der Waals surface area contributed by atoms with E-state index in [9.17, 15) is 4.39 Å². The van der Waals surface area contributed by atoms with Crippen LogP contribution in [0.3, 0.4) is 0 Å². The van der Waals surface area contributed by atoms with Gasteiger partial charge in [-0.15, -0.1) is 0 Å². The van der Waals surface area contributed by atoms with Crippen molar-refractivity contribution >= 4 is 0 Å². The minimum Gasteiger partial charge on any atom is -0.271 e. The van der Waals surface area contributed by atoms with Crippen molar-refractivity contribution in [3.05, 3.63) is 42.0 Å². The highest BCUT2D eigenvalue weighted by atomic mass is 19.1. The molecule has 0 saturated carbocycles. The van der Waals surface area contributed by atoms with Gasteiger partial charge in [0, 0.05) is 18.7 Å². The predicted octanol–water partition coefficient (Wildman–Crippen LogP) is 1.14. The first-order valence-corrected chi connectivity index (χ1v) is 6.06. The number of hydrogen-bond acceptors (Lipinski definition) is 5. The first-order chi connectivity index (χ1) is 9.11. The summed E-state index contributed by atoms with van der Waals surface area (Å²) in [6, 6.07) is 1.36. The lowest BCUT2D eigenvalue weighted by Gasteiger charge is -2.17. The highest BCUT2D eigenvalue weighted by Gasteiger charge is 2.16. The lowest BCUT2D eigenvalue weighted by atomic mass is 10.1. The van der Waals surface area contributed by atoms with Crippen molar-refractivity contribution in [3.8, 4) is 0 Å². The van der Waals surface area contributed by atoms with E-state index in [1.807, 2.05) is 18.5 Å². The Labute approximate surface area is 110 Å². The van der Waals surface area contributed by atoms with Crippen LogP contribution in [-0.4, -0.2) is 19.7 Å². The van der Waals surface area contributed by atoms with Crippen molar-refractivity contribution in [2.75, 3.05) is 0 Å². The summed E-state index contributed by atoms with van der Waals surface area (Å²) < 4.78 is 15.0. The number of nitrogens with zero attached hydrogens (tertiary/aromatic N) is 4. The van der Waals surface area contributed by atoms with E-state index in [4.69, 9.17) is 5.84 Å². The van der Waals surface area contributed by atoms with Gasteiger partial charge in [-0.25, -0.2) is 14.1 Å². The highest BCUT2D eigenvalue weighted by molar-refractivity contribution is 5.16. The van der Waals surface area contributed by atoms with E-state index in [0.29, 0.717) is 12.0 Å². The monoisotopic (exact) mass is 264 g/mol. The summed E-state index contributed by atoms with van der Waals surface area (Å²) in [6.45, 7) is 4.04. The topological polar surface area (TPSA) is 81.7 Å². The molecule has 1 unspecified atom stereocenters. The van der Waals surface area contributed by atoms with Crippen LogP contribution >= 0.6 is 0 Å². The highest BCUT2D eigenvalue weighted by Crippen LogP contribution is 2.18. The average Bonchev–Trinajstić information content (AvgIpc) is 2.84. The van der Waals surface area contributed by atoms with Gasteiger partial charge < -0.3 is 0 Å². The molecule has 0 aromatic carbocycles. The number of aromatic nitrogens is 4. The molecule has 2 rings (SSSR count). The van der Waals surface area contributed by atoms with E-state index in [2.05, 4.69) is 20.5 Å². The summed E-state index contributed by atoms with van der Waals surface area (Å²) in [5.41, 5.74) is 3.34. The van der Waals surface area contributed by atoms with Gasteiger partial charge in [-0.2, -0.15) is 5.10 Å². The average molecular weight is 264 g/mol. The molecule has 1 atom stereocenters. The molecule has 0 fully saturated rings. The molecule has 2 heterocycles. The molecule has 7 heteroatoms. The molecular weight excluding hydrogens is 247 g/mol. The zero-order chi connectivity index (χ0) is 13.8. The van der Waals surface area contributed by atoms with Crippen LogP contribution in [0.5, 0.6) is 0 Å². The van der Waals surface area contributed by atoms with Crippen LogP contribution in [0.4, 0.5) is 4.39 Å². The smallest absolute Gasteiger partial charge is 0.141 e. The standard InChI is InChI=1S/C12H17FN6/c1-8(2)19-12(16-7-17-19)4-11(18-14)9-3-10(13)6-15-5-9/h3,5-8,11,18H,4,14H2,1-2H3. The van der Waals surface area contributed by atoms with Gasteiger partial charge >= 0.3 is 0 Å². The molecular formula is C12H17FN6. The Kier molecular flexibility index (Phi) is 4.18. The lowest BCUT2D eigenvalue weighted by Crippen LogP contribution is -2.30. The molecule has 2 aromatic heterocycles. The summed E-state index contributed by atoms with van der Waals surface area (Å²) in [5, 5.41) is 4.16. The van der Waals surface area contributed by atoms with E-state index in [1.165, 1.54) is 12.4 Å². The van der Waals surface area contributed by atoms with Gasteiger partial charge in [0.2, 0.25) is 0 Å². The summed E-state index contributed by atoms with van der Waals surface area (Å²) >= 11 is 0. The first kappa shape index (κ1) is 13.6. The van der Waals surface area contributed by atoms with Crippen molar-refractivity contribution in [2.24, 2.45) is 5.84 Å². The minimum absolute atomic E-state index is 0.210. The fourth-order valence-corrected chi connectivity index (χ4v) is 1.93. The Morgan fingerprint density at radius 3 is 2.84 bits per heavy atom. The molecule has 0 saturated heterocycles. The van der Waals surface area contributed by atoms with E-state index >= 15 is 0 Å². The third-order valence-electron chi connectivity index (χ3n) is 2.85. The number of nitrogens with two attached hydrogens (primary N) is 1. The second-order valence-electron chi connectivity index (χ2n) is 4.57. The fraction of sp³-hybridized carbons (Fsp3) is 0.417. The van der Waals surface area contributed by atoms with Gasteiger partial charge in [0.05, 0.1) is 12.2 Å². The van der Waals surface area contributed by atoms with Gasteiger partial charge in [0.15, 0.2) is 0 Å². The quantitative estimate of drug-likeness (QED) is 0.625. The van der Waals surface area contributed by atoms with E-state index in [0.717, 1.165) is 12.0 Å². The maximum atomic E-state index is 13.2. The predicted molar refractivity (Wildman–Crippen MR) is 68.4 cm³/mol. The number of nitrogens with one attached hydrogen (secondary N) is 1. The van der Waals surface area contributed by atoms with Crippen molar-refractivity contribution in [2.45, 2.75) is 32.4 Å². The minimum atomic E-state index is -0.386. The molecule has 6 nitrogen and oxygen atoms in total. The Bertz CT molecular complexity index is 539. The van der Waals surface area contributed by atoms with Gasteiger partial charge in [0.1, 0.15) is 18.0 Å². The van der Waals surface area contributed by atoms with Crippen LogP contribution in [-0.2, 0) is 6.42 Å². The fourth-order valence-electron chi connectivity index (χ4n) is 1.93. The Morgan fingerprint density at radius 2 is 2.21 bits per heavy atom. The SMILES string of the molecule is CC(C)n1ncnc1CC(NN)c1cncc(F)c1. The van der Waals surface area contributed by atoms with Gasteiger partial charge in [-0.3, -0.25) is 16.3 Å². The van der Waals surface area contributed by atoms with E-state index in [1.54, 1.807) is 6.20 Å². The largest absolute Gasteiger partial charge is 0.271 e. The zero-order valence-corrected chi connectivity index (χ0v) is 10.9. The molecule has 0 radical (unpaired) electrons. The summed E-state index contributed by atoms with van der Waals surface area (Å²) in [5.74, 6) is 5.95. The molecule has 19 heavy (non-hydrogen) atoms. The van der Waals surface area contributed by atoms with Gasteiger partial charge in [0.25, 0.3) is 0 Å². The molecule has 0 aliphatic carbocycles. The molecule has 0 bridgehead atoms. The molecule has 102 valence electrons. The molecule has 3 N–H and O–H groups in total. The zero-order valence-electron chi connectivity index (χ0n) is 10.9. The van der Waals surface area contributed by atoms with Crippen LogP contribution in [0.2, 0.25) is 0 Å². The van der Waals surface area contributed by atoms with Crippen molar-refractivity contribution in [1.82, 2.24) is 25.2 Å². The van der Waals surface area contributed by atoms with Crippen LogP contribution in [0.1, 0.15) is 37.3 Å². The molecule has 0 aliphatic heterocycles. The number of pyridine rings is 1.